The molecule has 2 aromatic rings. The Morgan fingerprint density at radius 2 is 1.59 bits per heavy atom. The van der Waals surface area contributed by atoms with Crippen LogP contribution in [0.4, 0.5) is 5.69 Å². The van der Waals surface area contributed by atoms with Crippen LogP contribution in [0.5, 0.6) is 11.5 Å². The number of methoxy groups -OCH3 is 2. The smallest absolute Gasteiger partial charge is 0.496 e. The quantitative estimate of drug-likeness (QED) is 0.440. The highest BCUT2D eigenvalue weighted by Gasteiger charge is 2.23. The van der Waals surface area contributed by atoms with Crippen molar-refractivity contribution in [1.82, 2.24) is 5.43 Å². The van der Waals surface area contributed by atoms with Gasteiger partial charge in [-0.25, -0.2) is 5.43 Å². The van der Waals surface area contributed by atoms with Crippen molar-refractivity contribution in [1.29, 1.82) is 0 Å². The van der Waals surface area contributed by atoms with Crippen LogP contribution in [-0.2, 0) is 6.54 Å². The normalized spacial score (nSPS) is 10.2. The van der Waals surface area contributed by atoms with Crippen molar-refractivity contribution in [3.05, 3.63) is 48.0 Å². The van der Waals surface area contributed by atoms with Crippen LogP contribution >= 0.6 is 0 Å². The fourth-order valence-corrected chi connectivity index (χ4v) is 2.12. The number of rotatable bonds is 7. The van der Waals surface area contributed by atoms with Crippen LogP contribution < -0.4 is 25.8 Å². The van der Waals surface area contributed by atoms with Crippen molar-refractivity contribution in [3.8, 4) is 11.5 Å². The van der Waals surface area contributed by atoms with E-state index in [2.05, 4.69) is 10.9 Å². The zero-order chi connectivity index (χ0) is 15.9. The summed E-state index contributed by atoms with van der Waals surface area (Å²) in [4.78, 5) is 0. The van der Waals surface area contributed by atoms with E-state index in [0.29, 0.717) is 18.0 Å². The molecule has 0 aliphatic rings. The van der Waals surface area contributed by atoms with E-state index in [-0.39, 0.29) is 5.46 Å². The first-order valence-corrected chi connectivity index (χ1v) is 6.80. The topological polar surface area (TPSA) is 83.0 Å². The molecule has 0 atom stereocenters. The first-order chi connectivity index (χ1) is 10.7. The highest BCUT2D eigenvalue weighted by atomic mass is 16.5. The van der Waals surface area contributed by atoms with Gasteiger partial charge in [0, 0.05) is 12.2 Å². The van der Waals surface area contributed by atoms with E-state index in [1.54, 1.807) is 12.1 Å². The minimum Gasteiger partial charge on any atom is -0.497 e. The number of hydrogen-bond donors (Lipinski definition) is 4. The van der Waals surface area contributed by atoms with Crippen LogP contribution in [0.2, 0.25) is 0 Å². The average molecular weight is 302 g/mol. The maximum Gasteiger partial charge on any atom is 0.496 e. The second-order valence-electron chi connectivity index (χ2n) is 4.63. The number of ether oxygens (including phenoxy) is 2. The van der Waals surface area contributed by atoms with Crippen molar-refractivity contribution in [2.24, 2.45) is 0 Å². The summed E-state index contributed by atoms with van der Waals surface area (Å²) in [7, 11) is 1.29. The molecule has 0 unspecified atom stereocenters. The van der Waals surface area contributed by atoms with E-state index in [4.69, 9.17) is 9.47 Å². The Labute approximate surface area is 129 Å². The third kappa shape index (κ3) is 3.91. The Bertz CT molecular complexity index is 583. The van der Waals surface area contributed by atoms with Gasteiger partial charge in [-0.1, -0.05) is 18.2 Å². The highest BCUT2D eigenvalue weighted by molar-refractivity contribution is 6.61. The third-order valence-corrected chi connectivity index (χ3v) is 3.16. The van der Waals surface area contributed by atoms with E-state index >= 15 is 0 Å². The molecule has 0 heterocycles. The Kier molecular flexibility index (Phi) is 5.65. The highest BCUT2D eigenvalue weighted by Crippen LogP contribution is 2.20. The van der Waals surface area contributed by atoms with Gasteiger partial charge in [0.05, 0.1) is 19.7 Å². The molecule has 2 rings (SSSR count). The number of benzene rings is 2. The molecular weight excluding hydrogens is 283 g/mol. The molecule has 0 radical (unpaired) electrons. The molecule has 4 N–H and O–H groups in total. The van der Waals surface area contributed by atoms with Crippen molar-refractivity contribution >= 4 is 18.3 Å². The van der Waals surface area contributed by atoms with Gasteiger partial charge in [0.2, 0.25) is 0 Å². The summed E-state index contributed by atoms with van der Waals surface area (Å²) in [5.41, 5.74) is 8.20. The molecule has 0 amide bonds. The summed E-state index contributed by atoms with van der Waals surface area (Å²) >= 11 is 0. The SMILES string of the molecule is COc1cc(CNNc2ccccc2)cc(OC)c1B(O)O. The molecule has 7 heteroatoms. The molecule has 0 aliphatic heterocycles. The lowest BCUT2D eigenvalue weighted by molar-refractivity contribution is 0.384. The lowest BCUT2D eigenvalue weighted by Crippen LogP contribution is -2.33. The lowest BCUT2D eigenvalue weighted by atomic mass is 9.78. The van der Waals surface area contributed by atoms with Gasteiger partial charge >= 0.3 is 7.12 Å². The number of nitrogens with one attached hydrogen (secondary N) is 2. The van der Waals surface area contributed by atoms with Gasteiger partial charge in [-0.15, -0.1) is 0 Å². The van der Waals surface area contributed by atoms with Gasteiger partial charge in [0.25, 0.3) is 0 Å². The molecule has 0 fully saturated rings. The van der Waals surface area contributed by atoms with Gasteiger partial charge in [-0.3, -0.25) is 0 Å². The summed E-state index contributed by atoms with van der Waals surface area (Å²) < 4.78 is 10.4. The summed E-state index contributed by atoms with van der Waals surface area (Å²) in [6.45, 7) is 0.503. The molecular formula is C15H19BN2O4. The minimum absolute atomic E-state index is 0.213. The first-order valence-electron chi connectivity index (χ1n) is 6.80. The monoisotopic (exact) mass is 302 g/mol. The van der Waals surface area contributed by atoms with E-state index in [0.717, 1.165) is 11.3 Å². The molecule has 6 nitrogen and oxygen atoms in total. The summed E-state index contributed by atoms with van der Waals surface area (Å²) in [5, 5.41) is 18.9. The van der Waals surface area contributed by atoms with Crippen LogP contribution in [0.1, 0.15) is 5.56 Å². The summed E-state index contributed by atoms with van der Waals surface area (Å²) in [6.07, 6.45) is 0. The van der Waals surface area contributed by atoms with Gasteiger partial charge < -0.3 is 24.9 Å². The Morgan fingerprint density at radius 3 is 2.09 bits per heavy atom. The number of para-hydroxylation sites is 1. The fourth-order valence-electron chi connectivity index (χ4n) is 2.12. The van der Waals surface area contributed by atoms with Crippen LogP contribution in [0, 0.1) is 0 Å². The second kappa shape index (κ2) is 7.70. The molecule has 0 saturated carbocycles. The molecule has 0 saturated heterocycles. The maximum absolute atomic E-state index is 9.43. The lowest BCUT2D eigenvalue weighted by Gasteiger charge is -2.15. The summed E-state index contributed by atoms with van der Waals surface area (Å²) in [5.74, 6) is 0.733. The van der Waals surface area contributed by atoms with Crippen molar-refractivity contribution in [2.75, 3.05) is 19.6 Å². The number of hydrazine groups is 1. The first kappa shape index (κ1) is 16.2. The predicted molar refractivity (Wildman–Crippen MR) is 86.3 cm³/mol. The largest absolute Gasteiger partial charge is 0.497 e. The maximum atomic E-state index is 9.43. The minimum atomic E-state index is -1.66. The van der Waals surface area contributed by atoms with Crippen molar-refractivity contribution in [2.45, 2.75) is 6.54 Å². The van der Waals surface area contributed by atoms with Crippen LogP contribution in [0.3, 0.4) is 0 Å². The molecule has 0 aliphatic carbocycles. The zero-order valence-corrected chi connectivity index (χ0v) is 12.5. The predicted octanol–water partition coefficient (Wildman–Crippen LogP) is 0.500. The summed E-state index contributed by atoms with van der Waals surface area (Å²) in [6, 6.07) is 13.2. The van der Waals surface area contributed by atoms with Crippen LogP contribution in [0.25, 0.3) is 0 Å². The molecule has 0 bridgehead atoms. The van der Waals surface area contributed by atoms with E-state index < -0.39 is 7.12 Å². The Balaban J connectivity index is 2.11. The van der Waals surface area contributed by atoms with E-state index in [1.807, 2.05) is 30.3 Å². The van der Waals surface area contributed by atoms with E-state index in [1.165, 1.54) is 14.2 Å². The number of anilines is 1. The molecule has 2 aromatic carbocycles. The van der Waals surface area contributed by atoms with Crippen molar-refractivity contribution in [3.63, 3.8) is 0 Å². The van der Waals surface area contributed by atoms with Crippen LogP contribution in [-0.4, -0.2) is 31.4 Å². The third-order valence-electron chi connectivity index (χ3n) is 3.16. The Hall–Kier alpha value is -2.22. The zero-order valence-electron chi connectivity index (χ0n) is 12.5. The van der Waals surface area contributed by atoms with Gasteiger partial charge in [0.1, 0.15) is 11.5 Å². The molecule has 116 valence electrons. The van der Waals surface area contributed by atoms with E-state index in [9.17, 15) is 10.0 Å². The van der Waals surface area contributed by atoms with Crippen molar-refractivity contribution < 1.29 is 19.5 Å². The van der Waals surface area contributed by atoms with Crippen LogP contribution in [0.15, 0.2) is 42.5 Å². The fraction of sp³-hybridized carbons (Fsp3) is 0.200. The molecule has 0 spiro atoms. The molecule has 22 heavy (non-hydrogen) atoms. The second-order valence-corrected chi connectivity index (χ2v) is 4.63. The standard InChI is InChI=1S/C15H19BN2O4/c1-21-13-8-11(9-14(22-2)15(13)16(19)20)10-17-18-12-6-4-3-5-7-12/h3-9,17-20H,10H2,1-2H3. The molecule has 0 aromatic heterocycles. The van der Waals surface area contributed by atoms with Gasteiger partial charge in [0.15, 0.2) is 0 Å². The number of hydrogen-bond acceptors (Lipinski definition) is 6. The average Bonchev–Trinajstić information content (AvgIpc) is 2.54. The van der Waals surface area contributed by atoms with Gasteiger partial charge in [-0.2, -0.15) is 0 Å². The van der Waals surface area contributed by atoms with Gasteiger partial charge in [-0.05, 0) is 29.8 Å². The Morgan fingerprint density at radius 1 is 1.00 bits per heavy atom.